The first-order valence-electron chi connectivity index (χ1n) is 8.46. The zero-order valence-electron chi connectivity index (χ0n) is 16.2. The molecule has 0 bridgehead atoms. The second kappa shape index (κ2) is 9.96. The molecule has 0 unspecified atom stereocenters. The van der Waals surface area contributed by atoms with Crippen molar-refractivity contribution in [1.29, 1.82) is 0 Å². The van der Waals surface area contributed by atoms with E-state index in [0.29, 0.717) is 28.4 Å². The van der Waals surface area contributed by atoms with Crippen LogP contribution in [0.2, 0.25) is 0 Å². The molecule has 0 fully saturated rings. The molecular formula is C20H23N3O5. The lowest BCUT2D eigenvalue weighted by molar-refractivity contribution is -0.120. The molecule has 0 saturated heterocycles. The van der Waals surface area contributed by atoms with E-state index in [1.54, 1.807) is 24.3 Å². The van der Waals surface area contributed by atoms with E-state index in [2.05, 4.69) is 15.8 Å². The smallest absolute Gasteiger partial charge is 0.259 e. The number of nitrogens with one attached hydrogen (secondary N) is 2. The van der Waals surface area contributed by atoms with E-state index >= 15 is 0 Å². The number of hydrogen-bond donors (Lipinski definition) is 2. The van der Waals surface area contributed by atoms with Gasteiger partial charge in [-0.15, -0.1) is 0 Å². The number of benzene rings is 2. The van der Waals surface area contributed by atoms with E-state index in [1.807, 2.05) is 19.1 Å². The first kappa shape index (κ1) is 20.8. The summed E-state index contributed by atoms with van der Waals surface area (Å²) in [5.41, 5.74) is 4.36. The number of nitrogens with zero attached hydrogens (tertiary/aromatic N) is 1. The highest BCUT2D eigenvalue weighted by Gasteiger charge is 2.12. The van der Waals surface area contributed by atoms with Gasteiger partial charge in [0.25, 0.3) is 11.8 Å². The van der Waals surface area contributed by atoms with Gasteiger partial charge in [-0.25, -0.2) is 5.43 Å². The van der Waals surface area contributed by atoms with Crippen LogP contribution in [0.3, 0.4) is 0 Å². The number of amides is 2. The molecular weight excluding hydrogens is 362 g/mol. The maximum atomic E-state index is 12.1. The van der Waals surface area contributed by atoms with Crippen LogP contribution in [0.5, 0.6) is 17.2 Å². The van der Waals surface area contributed by atoms with Crippen LogP contribution in [-0.4, -0.2) is 45.9 Å². The second-order valence-corrected chi connectivity index (χ2v) is 5.75. The van der Waals surface area contributed by atoms with Crippen LogP contribution in [0.25, 0.3) is 0 Å². The number of rotatable bonds is 8. The molecule has 0 aliphatic heterocycles. The van der Waals surface area contributed by atoms with Gasteiger partial charge >= 0.3 is 0 Å². The van der Waals surface area contributed by atoms with Crippen molar-refractivity contribution >= 4 is 18.0 Å². The van der Waals surface area contributed by atoms with Gasteiger partial charge in [0.15, 0.2) is 11.5 Å². The summed E-state index contributed by atoms with van der Waals surface area (Å²) in [7, 11) is 4.54. The van der Waals surface area contributed by atoms with Crippen LogP contribution in [0, 0.1) is 6.92 Å². The number of methoxy groups -OCH3 is 3. The maximum absolute atomic E-state index is 12.1. The monoisotopic (exact) mass is 385 g/mol. The predicted molar refractivity (Wildman–Crippen MR) is 105 cm³/mol. The summed E-state index contributed by atoms with van der Waals surface area (Å²) in [4.78, 5) is 24.0. The highest BCUT2D eigenvalue weighted by Crippen LogP contribution is 2.37. The number of hydrazone groups is 1. The minimum absolute atomic E-state index is 0.195. The average molecular weight is 385 g/mol. The van der Waals surface area contributed by atoms with Gasteiger partial charge in [0.05, 0.1) is 34.1 Å². The van der Waals surface area contributed by atoms with E-state index in [4.69, 9.17) is 14.2 Å². The lowest BCUT2D eigenvalue weighted by Gasteiger charge is -2.12. The summed E-state index contributed by atoms with van der Waals surface area (Å²) < 4.78 is 15.8. The van der Waals surface area contributed by atoms with Crippen LogP contribution < -0.4 is 25.0 Å². The van der Waals surface area contributed by atoms with Gasteiger partial charge in [-0.05, 0) is 30.7 Å². The Kier molecular flexibility index (Phi) is 7.38. The molecule has 8 heteroatoms. The van der Waals surface area contributed by atoms with Crippen LogP contribution in [0.15, 0.2) is 41.5 Å². The quantitative estimate of drug-likeness (QED) is 0.534. The number of ether oxygens (including phenoxy) is 3. The fraction of sp³-hybridized carbons (Fsp3) is 0.250. The molecule has 2 aromatic carbocycles. The topological polar surface area (TPSA) is 98.2 Å². The largest absolute Gasteiger partial charge is 0.493 e. The lowest BCUT2D eigenvalue weighted by atomic mass is 10.1. The molecule has 2 amide bonds. The van der Waals surface area contributed by atoms with Crippen molar-refractivity contribution in [3.8, 4) is 17.2 Å². The zero-order valence-corrected chi connectivity index (χ0v) is 16.2. The fourth-order valence-corrected chi connectivity index (χ4v) is 2.48. The Labute approximate surface area is 163 Å². The van der Waals surface area contributed by atoms with Crippen LogP contribution in [0.4, 0.5) is 0 Å². The molecule has 0 spiro atoms. The normalized spacial score (nSPS) is 10.4. The fourth-order valence-electron chi connectivity index (χ4n) is 2.48. The summed E-state index contributed by atoms with van der Waals surface area (Å²) in [6.45, 7) is 1.64. The van der Waals surface area contributed by atoms with Gasteiger partial charge in [-0.2, -0.15) is 5.10 Å². The van der Waals surface area contributed by atoms with Crippen LogP contribution in [0.1, 0.15) is 21.5 Å². The van der Waals surface area contributed by atoms with E-state index in [9.17, 15) is 9.59 Å². The van der Waals surface area contributed by atoms with Crippen molar-refractivity contribution in [3.63, 3.8) is 0 Å². The van der Waals surface area contributed by atoms with Gasteiger partial charge in [0.2, 0.25) is 5.75 Å². The molecule has 28 heavy (non-hydrogen) atoms. The molecule has 2 aromatic rings. The minimum atomic E-state index is -0.453. The summed E-state index contributed by atoms with van der Waals surface area (Å²) in [6, 6.07) is 10.5. The van der Waals surface area contributed by atoms with E-state index in [-0.39, 0.29) is 12.5 Å². The lowest BCUT2D eigenvalue weighted by Crippen LogP contribution is -2.35. The molecule has 0 aliphatic rings. The molecule has 2 rings (SSSR count). The highest BCUT2D eigenvalue weighted by atomic mass is 16.5. The number of carbonyl (C=O) groups is 2. The molecule has 0 aliphatic carbocycles. The van der Waals surface area contributed by atoms with Crippen LogP contribution >= 0.6 is 0 Å². The van der Waals surface area contributed by atoms with E-state index in [0.717, 1.165) is 5.56 Å². The molecule has 0 heterocycles. The molecule has 0 atom stereocenters. The third kappa shape index (κ3) is 5.23. The minimum Gasteiger partial charge on any atom is -0.493 e. The molecule has 0 saturated carbocycles. The predicted octanol–water partition coefficient (Wildman–Crippen LogP) is 1.90. The molecule has 2 N–H and O–H groups in total. The van der Waals surface area contributed by atoms with Gasteiger partial charge in [0.1, 0.15) is 0 Å². The number of hydrogen-bond acceptors (Lipinski definition) is 6. The first-order valence-corrected chi connectivity index (χ1v) is 8.46. The molecule has 0 aromatic heterocycles. The molecule has 0 radical (unpaired) electrons. The van der Waals surface area contributed by atoms with E-state index in [1.165, 1.54) is 27.5 Å². The Morgan fingerprint density at radius 1 is 1.04 bits per heavy atom. The Hall–Kier alpha value is -3.55. The number of carbonyl (C=O) groups excluding carboxylic acids is 2. The van der Waals surface area contributed by atoms with Gasteiger partial charge in [0, 0.05) is 11.1 Å². The Morgan fingerprint density at radius 3 is 2.25 bits per heavy atom. The van der Waals surface area contributed by atoms with Crippen molar-refractivity contribution in [2.75, 3.05) is 27.9 Å². The molecule has 8 nitrogen and oxygen atoms in total. The zero-order chi connectivity index (χ0) is 20.5. The van der Waals surface area contributed by atoms with Gasteiger partial charge in [-0.3, -0.25) is 9.59 Å². The Bertz CT molecular complexity index is 855. The molecule has 148 valence electrons. The summed E-state index contributed by atoms with van der Waals surface area (Å²) in [5.74, 6) is 0.637. The van der Waals surface area contributed by atoms with Gasteiger partial charge in [-0.1, -0.05) is 18.2 Å². The number of aryl methyl sites for hydroxylation is 1. The van der Waals surface area contributed by atoms with Crippen molar-refractivity contribution in [3.05, 3.63) is 53.1 Å². The average Bonchev–Trinajstić information content (AvgIpc) is 2.71. The highest BCUT2D eigenvalue weighted by molar-refractivity contribution is 5.97. The Balaban J connectivity index is 1.94. The van der Waals surface area contributed by atoms with Crippen molar-refractivity contribution in [2.24, 2.45) is 5.10 Å². The standard InChI is InChI=1S/C20H23N3O5/c1-13-7-5-6-8-15(13)20(25)21-12-18(24)23-22-11-14-9-16(26-2)19(28-4)17(10-14)27-3/h5-11H,12H2,1-4H3,(H,21,25)(H,23,24). The van der Waals surface area contributed by atoms with Crippen molar-refractivity contribution < 1.29 is 23.8 Å². The Morgan fingerprint density at radius 2 is 1.68 bits per heavy atom. The first-order chi connectivity index (χ1) is 13.5. The van der Waals surface area contributed by atoms with Crippen molar-refractivity contribution in [1.82, 2.24) is 10.7 Å². The summed E-state index contributed by atoms with van der Waals surface area (Å²) in [6.07, 6.45) is 1.44. The third-order valence-electron chi connectivity index (χ3n) is 3.89. The van der Waals surface area contributed by atoms with Crippen LogP contribution in [-0.2, 0) is 4.79 Å². The summed E-state index contributed by atoms with van der Waals surface area (Å²) in [5, 5.41) is 6.45. The maximum Gasteiger partial charge on any atom is 0.259 e. The van der Waals surface area contributed by atoms with Gasteiger partial charge < -0.3 is 19.5 Å². The second-order valence-electron chi connectivity index (χ2n) is 5.75. The summed E-state index contributed by atoms with van der Waals surface area (Å²) >= 11 is 0. The third-order valence-corrected chi connectivity index (χ3v) is 3.89. The van der Waals surface area contributed by atoms with E-state index < -0.39 is 5.91 Å². The van der Waals surface area contributed by atoms with Crippen molar-refractivity contribution in [2.45, 2.75) is 6.92 Å². The SMILES string of the molecule is COc1cc(C=NNC(=O)CNC(=O)c2ccccc2C)cc(OC)c1OC.